The Kier molecular flexibility index (Phi) is 5.64. The Hall–Kier alpha value is -4.25. The van der Waals surface area contributed by atoms with Crippen molar-refractivity contribution in [1.29, 1.82) is 0 Å². The number of aromatic nitrogens is 7. The zero-order valence-corrected chi connectivity index (χ0v) is 21.4. The largest absolute Gasteiger partial charge is 0.350 e. The van der Waals surface area contributed by atoms with E-state index in [1.807, 2.05) is 61.1 Å². The van der Waals surface area contributed by atoms with Crippen LogP contribution in [0.5, 0.6) is 0 Å². The van der Waals surface area contributed by atoms with E-state index in [1.165, 1.54) is 6.42 Å². The van der Waals surface area contributed by atoms with Crippen molar-refractivity contribution in [3.8, 4) is 11.1 Å². The van der Waals surface area contributed by atoms with Gasteiger partial charge in [0.25, 0.3) is 5.91 Å². The number of rotatable bonds is 6. The van der Waals surface area contributed by atoms with Gasteiger partial charge in [0.15, 0.2) is 5.82 Å². The lowest BCUT2D eigenvalue weighted by molar-refractivity contribution is 0.0943. The Bertz CT molecular complexity index is 1630. The fourth-order valence-electron chi connectivity index (χ4n) is 5.09. The highest BCUT2D eigenvalue weighted by molar-refractivity contribution is 6.01. The molecular weight excluding hydrogens is 468 g/mol. The molecule has 0 saturated carbocycles. The summed E-state index contributed by atoms with van der Waals surface area (Å²) in [6, 6.07) is 4.31. The van der Waals surface area contributed by atoms with E-state index in [9.17, 15) is 4.79 Å². The summed E-state index contributed by atoms with van der Waals surface area (Å²) in [5, 5.41) is 21.0. The maximum absolute atomic E-state index is 12.9. The van der Waals surface area contributed by atoms with Crippen LogP contribution in [0.25, 0.3) is 27.5 Å². The molecule has 0 spiro atoms. The molecule has 2 N–H and O–H groups in total. The van der Waals surface area contributed by atoms with Crippen LogP contribution in [0.2, 0.25) is 0 Å². The Morgan fingerprint density at radius 3 is 2.70 bits per heavy atom. The number of carbonyl (C=O) groups excluding carboxylic acids is 1. The topological polar surface area (TPSA) is 110 Å². The van der Waals surface area contributed by atoms with Crippen LogP contribution in [0.4, 0.5) is 11.5 Å². The maximum Gasteiger partial charge on any atom is 0.252 e. The number of hydrogen-bond donors (Lipinski definition) is 2. The minimum absolute atomic E-state index is 0.124. The lowest BCUT2D eigenvalue weighted by Gasteiger charge is -2.19. The molecule has 1 fully saturated rings. The van der Waals surface area contributed by atoms with Gasteiger partial charge in [0.1, 0.15) is 0 Å². The summed E-state index contributed by atoms with van der Waals surface area (Å²) in [6.07, 6.45) is 11.5. The smallest absolute Gasteiger partial charge is 0.252 e. The number of fused-ring (bicyclic) bond motifs is 3. The van der Waals surface area contributed by atoms with Crippen molar-refractivity contribution in [2.75, 3.05) is 25.5 Å². The first-order valence-electron chi connectivity index (χ1n) is 12.4. The highest BCUT2D eigenvalue weighted by atomic mass is 16.1. The summed E-state index contributed by atoms with van der Waals surface area (Å²) in [4.78, 5) is 19.6. The van der Waals surface area contributed by atoms with Crippen LogP contribution >= 0.6 is 0 Å². The summed E-state index contributed by atoms with van der Waals surface area (Å²) < 4.78 is 5.49. The van der Waals surface area contributed by atoms with Gasteiger partial charge in [0.05, 0.1) is 45.8 Å². The van der Waals surface area contributed by atoms with Gasteiger partial charge in [-0.3, -0.25) is 19.1 Å². The van der Waals surface area contributed by atoms with Crippen molar-refractivity contribution in [2.24, 2.45) is 14.1 Å². The zero-order chi connectivity index (χ0) is 25.7. The van der Waals surface area contributed by atoms with Gasteiger partial charge in [-0.1, -0.05) is 0 Å². The Morgan fingerprint density at radius 2 is 1.95 bits per heavy atom. The van der Waals surface area contributed by atoms with E-state index in [0.29, 0.717) is 24.0 Å². The number of nitrogens with zero attached hydrogens (tertiary/aromatic N) is 8. The van der Waals surface area contributed by atoms with Gasteiger partial charge in [0.2, 0.25) is 0 Å². The number of likely N-dealkylation sites (N-methyl/N-ethyl adjacent to an activating group) is 1. The van der Waals surface area contributed by atoms with Crippen molar-refractivity contribution in [3.63, 3.8) is 0 Å². The summed E-state index contributed by atoms with van der Waals surface area (Å²) in [7, 11) is 5.92. The molecular formula is C26H30N10O. The molecule has 1 atom stereocenters. The zero-order valence-electron chi connectivity index (χ0n) is 21.4. The van der Waals surface area contributed by atoms with Gasteiger partial charge in [-0.2, -0.15) is 15.3 Å². The highest BCUT2D eigenvalue weighted by Gasteiger charge is 2.22. The third kappa shape index (κ3) is 4.20. The highest BCUT2D eigenvalue weighted by Crippen LogP contribution is 2.31. The quantitative estimate of drug-likeness (QED) is 0.370. The van der Waals surface area contributed by atoms with Crippen molar-refractivity contribution in [1.82, 2.24) is 44.4 Å². The third-order valence-corrected chi connectivity index (χ3v) is 7.25. The average molecular weight is 499 g/mol. The fraction of sp³-hybridized carbons (Fsp3) is 0.346. The van der Waals surface area contributed by atoms with Crippen LogP contribution in [-0.4, -0.2) is 71.1 Å². The Morgan fingerprint density at radius 1 is 1.08 bits per heavy atom. The molecule has 0 aromatic carbocycles. The molecule has 1 saturated heterocycles. The summed E-state index contributed by atoms with van der Waals surface area (Å²) in [6.45, 7) is 3.62. The third-order valence-electron chi connectivity index (χ3n) is 7.25. The lowest BCUT2D eigenvalue weighted by atomic mass is 10.2. The van der Waals surface area contributed by atoms with Gasteiger partial charge in [-0.05, 0) is 45.5 Å². The predicted molar refractivity (Wildman–Crippen MR) is 142 cm³/mol. The molecule has 1 amide bonds. The molecule has 0 radical (unpaired) electrons. The Balaban J connectivity index is 1.29. The molecule has 0 unspecified atom stereocenters. The van der Waals surface area contributed by atoms with E-state index in [1.54, 1.807) is 10.9 Å². The lowest BCUT2D eigenvalue weighted by Crippen LogP contribution is -2.38. The number of anilines is 2. The minimum Gasteiger partial charge on any atom is -0.350 e. The molecule has 190 valence electrons. The molecule has 0 aliphatic carbocycles. The second-order valence-corrected chi connectivity index (χ2v) is 9.81. The monoisotopic (exact) mass is 498 g/mol. The van der Waals surface area contributed by atoms with Gasteiger partial charge in [0, 0.05) is 56.4 Å². The van der Waals surface area contributed by atoms with Crippen LogP contribution in [0.1, 0.15) is 28.9 Å². The molecule has 37 heavy (non-hydrogen) atoms. The van der Waals surface area contributed by atoms with Gasteiger partial charge < -0.3 is 15.5 Å². The maximum atomic E-state index is 12.9. The van der Waals surface area contributed by atoms with E-state index < -0.39 is 0 Å². The van der Waals surface area contributed by atoms with Crippen molar-refractivity contribution in [2.45, 2.75) is 25.8 Å². The molecule has 5 aromatic heterocycles. The number of carbonyl (C=O) groups is 1. The molecule has 6 heterocycles. The second kappa shape index (κ2) is 9.00. The van der Waals surface area contributed by atoms with E-state index in [-0.39, 0.29) is 5.91 Å². The van der Waals surface area contributed by atoms with Gasteiger partial charge >= 0.3 is 0 Å². The Labute approximate surface area is 214 Å². The summed E-state index contributed by atoms with van der Waals surface area (Å²) >= 11 is 0. The van der Waals surface area contributed by atoms with Gasteiger partial charge in [-0.15, -0.1) is 0 Å². The van der Waals surface area contributed by atoms with Crippen LogP contribution in [0.15, 0.2) is 43.1 Å². The van der Waals surface area contributed by atoms with E-state index in [0.717, 1.165) is 51.9 Å². The van der Waals surface area contributed by atoms with Crippen LogP contribution in [0.3, 0.4) is 0 Å². The number of aryl methyl sites for hydroxylation is 3. The molecule has 11 heteroatoms. The van der Waals surface area contributed by atoms with Crippen LogP contribution in [-0.2, 0) is 14.1 Å². The number of nitrogens with one attached hydrogen (secondary N) is 2. The normalized spacial score (nSPS) is 16.2. The first kappa shape index (κ1) is 23.2. The molecule has 1 aliphatic rings. The molecule has 0 bridgehead atoms. The summed E-state index contributed by atoms with van der Waals surface area (Å²) in [5.41, 5.74) is 5.98. The van der Waals surface area contributed by atoms with Gasteiger partial charge in [-0.25, -0.2) is 4.52 Å². The first-order valence-corrected chi connectivity index (χ1v) is 12.4. The van der Waals surface area contributed by atoms with Crippen LogP contribution in [0, 0.1) is 6.92 Å². The molecule has 6 rings (SSSR count). The van der Waals surface area contributed by atoms with Crippen molar-refractivity contribution in [3.05, 3.63) is 54.4 Å². The van der Waals surface area contributed by atoms with Crippen LogP contribution < -0.4 is 10.6 Å². The van der Waals surface area contributed by atoms with Crippen molar-refractivity contribution < 1.29 is 4.79 Å². The fourth-order valence-corrected chi connectivity index (χ4v) is 5.09. The predicted octanol–water partition coefficient (Wildman–Crippen LogP) is 2.89. The SMILES string of the molecule is Cc1ncc(C(=O)NC[C@H]2CCCN2C)cc1Nc1nn(C)c2c1cnn1cc(-c3cnn(C)c3)cc21. The standard InChI is InChI=1S/C26H30N10O/c1-16-22(8-17(10-27-16)26(37)28-12-20-6-5-7-33(20)2)31-25-21-13-30-36-15-18(19-11-29-34(3)14-19)9-23(36)24(21)35(4)32-25/h8-11,13-15,20H,5-7,12H2,1-4H3,(H,28,37)(H,31,32)/t20-/m1/s1. The number of pyridine rings is 1. The molecule has 5 aromatic rings. The molecule has 11 nitrogen and oxygen atoms in total. The number of hydrogen-bond acceptors (Lipinski definition) is 7. The van der Waals surface area contributed by atoms with E-state index >= 15 is 0 Å². The summed E-state index contributed by atoms with van der Waals surface area (Å²) in [5.74, 6) is 0.535. The number of likely N-dealkylation sites (tertiary alicyclic amines) is 1. The first-order chi connectivity index (χ1) is 17.9. The van der Waals surface area contributed by atoms with E-state index in [2.05, 4.69) is 43.8 Å². The second-order valence-electron chi connectivity index (χ2n) is 9.81. The van der Waals surface area contributed by atoms with E-state index in [4.69, 9.17) is 5.10 Å². The minimum atomic E-state index is -0.124. The average Bonchev–Trinajstić information content (AvgIpc) is 3.66. The number of amides is 1. The molecule has 1 aliphatic heterocycles. The van der Waals surface area contributed by atoms with Crippen molar-refractivity contribution >= 4 is 33.8 Å².